The lowest BCUT2D eigenvalue weighted by Gasteiger charge is -2.31. The van der Waals surface area contributed by atoms with Gasteiger partial charge in [-0.15, -0.1) is 0 Å². The Bertz CT molecular complexity index is 870. The second kappa shape index (κ2) is 10.4. The van der Waals surface area contributed by atoms with Gasteiger partial charge in [0.15, 0.2) is 0 Å². The lowest BCUT2D eigenvalue weighted by atomic mass is 9.92. The van der Waals surface area contributed by atoms with E-state index in [9.17, 15) is 4.79 Å². The average Bonchev–Trinajstić information content (AvgIpc) is 2.96. The predicted molar refractivity (Wildman–Crippen MR) is 128 cm³/mol. The molecule has 0 bridgehead atoms. The number of carbonyl (C=O) groups excluding carboxylic acids is 1. The molecule has 1 fully saturated rings. The Balaban J connectivity index is 1.77. The van der Waals surface area contributed by atoms with Gasteiger partial charge in [-0.3, -0.25) is 4.79 Å². The SMILES string of the molecule is Cn1cnc(C(=O)N(Cc2cc(Cl)cc(Cl)c2)C2CCCN(CCC(C)(C)C)CC2)c1. The van der Waals surface area contributed by atoms with Crippen LogP contribution in [0.3, 0.4) is 0 Å². The zero-order chi connectivity index (χ0) is 22.6. The average molecular weight is 465 g/mol. The van der Waals surface area contributed by atoms with Crippen molar-refractivity contribution in [1.29, 1.82) is 0 Å². The van der Waals surface area contributed by atoms with Crippen molar-refractivity contribution >= 4 is 29.1 Å². The molecule has 31 heavy (non-hydrogen) atoms. The van der Waals surface area contributed by atoms with Crippen LogP contribution in [0.2, 0.25) is 10.0 Å². The standard InChI is InChI=1S/C24H34Cl2N4O/c1-24(2,3)8-11-29-9-5-6-21(7-10-29)30(23(31)22-16-28(4)17-27-22)15-18-12-19(25)14-20(26)13-18/h12-14,16-17,21H,5-11,15H2,1-4H3. The number of benzene rings is 1. The van der Waals surface area contributed by atoms with Crippen molar-refractivity contribution in [3.05, 3.63) is 52.0 Å². The summed E-state index contributed by atoms with van der Waals surface area (Å²) >= 11 is 12.5. The van der Waals surface area contributed by atoms with Crippen LogP contribution >= 0.6 is 23.2 Å². The van der Waals surface area contributed by atoms with E-state index in [-0.39, 0.29) is 11.9 Å². The fourth-order valence-electron chi connectivity index (χ4n) is 4.10. The molecule has 0 spiro atoms. The normalized spacial score (nSPS) is 18.1. The van der Waals surface area contributed by atoms with E-state index in [0.29, 0.717) is 27.7 Å². The fourth-order valence-corrected chi connectivity index (χ4v) is 4.67. The van der Waals surface area contributed by atoms with Crippen molar-refractivity contribution in [1.82, 2.24) is 19.4 Å². The van der Waals surface area contributed by atoms with Gasteiger partial charge in [0, 0.05) is 42.4 Å². The van der Waals surface area contributed by atoms with Gasteiger partial charge in [0.2, 0.25) is 0 Å². The Kier molecular flexibility index (Phi) is 8.06. The maximum absolute atomic E-state index is 13.5. The lowest BCUT2D eigenvalue weighted by molar-refractivity contribution is 0.0636. The first-order valence-electron chi connectivity index (χ1n) is 11.1. The number of nitrogens with zero attached hydrogens (tertiary/aromatic N) is 4. The highest BCUT2D eigenvalue weighted by molar-refractivity contribution is 6.34. The third-order valence-corrected chi connectivity index (χ3v) is 6.31. The minimum Gasteiger partial charge on any atom is -0.340 e. The summed E-state index contributed by atoms with van der Waals surface area (Å²) in [6, 6.07) is 5.65. The number of aromatic nitrogens is 2. The summed E-state index contributed by atoms with van der Waals surface area (Å²) in [7, 11) is 1.88. The number of imidazole rings is 1. The first-order valence-corrected chi connectivity index (χ1v) is 11.8. The highest BCUT2D eigenvalue weighted by Gasteiger charge is 2.29. The number of amides is 1. The zero-order valence-electron chi connectivity index (χ0n) is 19.1. The second-order valence-electron chi connectivity index (χ2n) is 9.87. The number of hydrogen-bond acceptors (Lipinski definition) is 3. The third-order valence-electron chi connectivity index (χ3n) is 5.87. The van der Waals surface area contributed by atoms with E-state index >= 15 is 0 Å². The molecule has 0 N–H and O–H groups in total. The molecule has 5 nitrogen and oxygen atoms in total. The molecule has 1 amide bonds. The summed E-state index contributed by atoms with van der Waals surface area (Å²) < 4.78 is 1.81. The maximum Gasteiger partial charge on any atom is 0.274 e. The van der Waals surface area contributed by atoms with Crippen LogP contribution in [-0.4, -0.2) is 50.9 Å². The van der Waals surface area contributed by atoms with Crippen LogP contribution in [0.4, 0.5) is 0 Å². The number of rotatable bonds is 6. The van der Waals surface area contributed by atoms with Gasteiger partial charge >= 0.3 is 0 Å². The third kappa shape index (κ3) is 7.23. The van der Waals surface area contributed by atoms with Crippen LogP contribution in [0.15, 0.2) is 30.7 Å². The molecule has 0 saturated carbocycles. The molecule has 1 unspecified atom stereocenters. The lowest BCUT2D eigenvalue weighted by Crippen LogP contribution is -2.40. The van der Waals surface area contributed by atoms with E-state index < -0.39 is 0 Å². The quantitative estimate of drug-likeness (QED) is 0.553. The fraction of sp³-hybridized carbons (Fsp3) is 0.583. The van der Waals surface area contributed by atoms with Gasteiger partial charge in [0.25, 0.3) is 5.91 Å². The molecule has 7 heteroatoms. The molecule has 2 heterocycles. The minimum absolute atomic E-state index is 0.0372. The van der Waals surface area contributed by atoms with Gasteiger partial charge in [0.05, 0.1) is 6.33 Å². The van der Waals surface area contributed by atoms with E-state index in [1.807, 2.05) is 28.6 Å². The summed E-state index contributed by atoms with van der Waals surface area (Å²) in [6.07, 6.45) is 7.65. The highest BCUT2D eigenvalue weighted by atomic mass is 35.5. The van der Waals surface area contributed by atoms with Crippen molar-refractivity contribution in [3.63, 3.8) is 0 Å². The summed E-state index contributed by atoms with van der Waals surface area (Å²) in [5.74, 6) is -0.0372. The van der Waals surface area contributed by atoms with Gasteiger partial charge in [-0.1, -0.05) is 44.0 Å². The van der Waals surface area contributed by atoms with Crippen LogP contribution in [0.1, 0.15) is 62.5 Å². The largest absolute Gasteiger partial charge is 0.340 e. The summed E-state index contributed by atoms with van der Waals surface area (Å²) in [6.45, 7) is 10.5. The summed E-state index contributed by atoms with van der Waals surface area (Å²) in [5, 5.41) is 1.17. The van der Waals surface area contributed by atoms with Crippen LogP contribution < -0.4 is 0 Å². The second-order valence-corrected chi connectivity index (χ2v) is 10.7. The number of hydrogen-bond donors (Lipinski definition) is 0. The predicted octanol–water partition coefficient (Wildman–Crippen LogP) is 5.66. The van der Waals surface area contributed by atoms with Crippen molar-refractivity contribution in [2.24, 2.45) is 12.5 Å². The van der Waals surface area contributed by atoms with Gasteiger partial charge in [-0.05, 0) is 68.0 Å². The highest BCUT2D eigenvalue weighted by Crippen LogP contribution is 2.26. The van der Waals surface area contributed by atoms with Crippen molar-refractivity contribution in [2.45, 2.75) is 59.0 Å². The van der Waals surface area contributed by atoms with Crippen LogP contribution in [0, 0.1) is 5.41 Å². The minimum atomic E-state index is -0.0372. The maximum atomic E-state index is 13.5. The van der Waals surface area contributed by atoms with E-state index in [4.69, 9.17) is 23.2 Å². The molecule has 1 saturated heterocycles. The first-order chi connectivity index (χ1) is 14.6. The molecule has 1 aliphatic heterocycles. The molecule has 1 aliphatic rings. The molecule has 170 valence electrons. The molecule has 1 aromatic heterocycles. The summed E-state index contributed by atoms with van der Waals surface area (Å²) in [5.41, 5.74) is 1.75. The van der Waals surface area contributed by atoms with Crippen molar-refractivity contribution in [2.75, 3.05) is 19.6 Å². The zero-order valence-corrected chi connectivity index (χ0v) is 20.6. The molecule has 0 radical (unpaired) electrons. The first kappa shape index (κ1) is 24.1. The monoisotopic (exact) mass is 464 g/mol. The van der Waals surface area contributed by atoms with E-state index in [1.165, 1.54) is 6.42 Å². The van der Waals surface area contributed by atoms with E-state index in [2.05, 4.69) is 30.7 Å². The van der Waals surface area contributed by atoms with Crippen LogP contribution in [-0.2, 0) is 13.6 Å². The Morgan fingerprint density at radius 1 is 1.16 bits per heavy atom. The number of halogens is 2. The van der Waals surface area contributed by atoms with Crippen LogP contribution in [0.5, 0.6) is 0 Å². The molecule has 3 rings (SSSR count). The smallest absolute Gasteiger partial charge is 0.274 e. The van der Waals surface area contributed by atoms with Gasteiger partial charge < -0.3 is 14.4 Å². The molecule has 0 aliphatic carbocycles. The Morgan fingerprint density at radius 3 is 2.48 bits per heavy atom. The molecular formula is C24H34Cl2N4O. The molecule has 1 atom stereocenters. The van der Waals surface area contributed by atoms with Gasteiger partial charge in [0.1, 0.15) is 5.69 Å². The Morgan fingerprint density at radius 2 is 1.87 bits per heavy atom. The van der Waals surface area contributed by atoms with Crippen molar-refractivity contribution in [3.8, 4) is 0 Å². The molecule has 1 aromatic carbocycles. The Hall–Kier alpha value is -1.56. The summed E-state index contributed by atoms with van der Waals surface area (Å²) in [4.78, 5) is 22.3. The van der Waals surface area contributed by atoms with Crippen LogP contribution in [0.25, 0.3) is 0 Å². The number of carbonyl (C=O) groups is 1. The number of aryl methyl sites for hydroxylation is 1. The molecule has 2 aromatic rings. The topological polar surface area (TPSA) is 41.4 Å². The van der Waals surface area contributed by atoms with E-state index in [0.717, 1.165) is 44.5 Å². The van der Waals surface area contributed by atoms with Gasteiger partial charge in [-0.2, -0.15) is 0 Å². The van der Waals surface area contributed by atoms with Gasteiger partial charge in [-0.25, -0.2) is 4.98 Å². The van der Waals surface area contributed by atoms with Crippen molar-refractivity contribution < 1.29 is 4.79 Å². The number of likely N-dealkylation sites (tertiary alicyclic amines) is 1. The molecular weight excluding hydrogens is 431 g/mol. The Labute approximate surface area is 196 Å². The van der Waals surface area contributed by atoms with E-state index in [1.54, 1.807) is 18.6 Å².